The molecule has 26 heavy (non-hydrogen) atoms. The molecule has 7 heteroatoms. The van der Waals surface area contributed by atoms with E-state index in [0.717, 1.165) is 22.3 Å². The maximum atomic E-state index is 11.8. The highest BCUT2D eigenvalue weighted by atomic mass is 16.2. The lowest BCUT2D eigenvalue weighted by atomic mass is 10.1. The Kier molecular flexibility index (Phi) is 4.85. The van der Waals surface area contributed by atoms with Gasteiger partial charge in [0.15, 0.2) is 5.69 Å². The molecular weight excluding hydrogens is 330 g/mol. The lowest BCUT2D eigenvalue weighted by Crippen LogP contribution is -2.23. The Bertz CT molecular complexity index is 999. The van der Waals surface area contributed by atoms with Gasteiger partial charge in [0.2, 0.25) is 0 Å². The lowest BCUT2D eigenvalue weighted by molar-refractivity contribution is 0.0951. The van der Waals surface area contributed by atoms with Gasteiger partial charge >= 0.3 is 0 Å². The predicted molar refractivity (Wildman–Crippen MR) is 100 cm³/mol. The van der Waals surface area contributed by atoms with E-state index in [0.29, 0.717) is 11.3 Å². The van der Waals surface area contributed by atoms with Gasteiger partial charge in [-0.15, -0.1) is 6.42 Å². The minimum absolute atomic E-state index is 0.196. The van der Waals surface area contributed by atoms with Crippen LogP contribution in [0.25, 0.3) is 10.9 Å². The van der Waals surface area contributed by atoms with Crippen molar-refractivity contribution in [1.29, 1.82) is 0 Å². The zero-order valence-electron chi connectivity index (χ0n) is 14.1. The Balaban J connectivity index is 1.76. The number of aromatic nitrogens is 2. The van der Waals surface area contributed by atoms with Crippen LogP contribution in [0.5, 0.6) is 0 Å². The van der Waals surface area contributed by atoms with Crippen molar-refractivity contribution in [3.8, 4) is 12.3 Å². The molecule has 3 aromatic rings. The monoisotopic (exact) mass is 347 g/mol. The summed E-state index contributed by atoms with van der Waals surface area (Å²) in [5.41, 5.74) is 3.29. The number of anilines is 2. The Labute approximate surface area is 150 Å². The van der Waals surface area contributed by atoms with E-state index in [1.54, 1.807) is 31.3 Å². The molecule has 0 aliphatic carbocycles. The molecule has 0 aliphatic heterocycles. The molecule has 0 radical (unpaired) electrons. The van der Waals surface area contributed by atoms with Crippen molar-refractivity contribution in [1.82, 2.24) is 20.8 Å². The lowest BCUT2D eigenvalue weighted by Gasteiger charge is -2.08. The maximum absolute atomic E-state index is 11.8. The Morgan fingerprint density at radius 3 is 2.54 bits per heavy atom. The molecule has 0 spiro atoms. The number of nitrogens with one attached hydrogen (secondary N) is 4. The van der Waals surface area contributed by atoms with Crippen molar-refractivity contribution in [2.24, 2.45) is 0 Å². The fourth-order valence-corrected chi connectivity index (χ4v) is 2.49. The summed E-state index contributed by atoms with van der Waals surface area (Å²) in [6, 6.07) is 12.6. The van der Waals surface area contributed by atoms with Crippen LogP contribution in [-0.4, -0.2) is 35.6 Å². The molecule has 1 heterocycles. The summed E-state index contributed by atoms with van der Waals surface area (Å²) in [7, 11) is 1.56. The average Bonchev–Trinajstić information content (AvgIpc) is 3.09. The summed E-state index contributed by atoms with van der Waals surface area (Å²) in [6.07, 6.45) is 5.13. The molecule has 0 saturated heterocycles. The average molecular weight is 347 g/mol. The van der Waals surface area contributed by atoms with Crippen molar-refractivity contribution in [2.45, 2.75) is 0 Å². The molecule has 0 fully saturated rings. The molecule has 0 unspecified atom stereocenters. The first-order valence-corrected chi connectivity index (χ1v) is 7.91. The van der Waals surface area contributed by atoms with Crippen LogP contribution in [0.4, 0.5) is 11.4 Å². The number of benzene rings is 2. The van der Waals surface area contributed by atoms with E-state index >= 15 is 0 Å². The van der Waals surface area contributed by atoms with E-state index in [-0.39, 0.29) is 18.4 Å². The molecule has 0 saturated carbocycles. The van der Waals surface area contributed by atoms with Gasteiger partial charge in [-0.05, 0) is 42.5 Å². The Morgan fingerprint density at radius 2 is 1.85 bits per heavy atom. The van der Waals surface area contributed by atoms with Crippen LogP contribution in [-0.2, 0) is 0 Å². The Hall–Kier alpha value is -3.79. The molecule has 2 aromatic carbocycles. The maximum Gasteiger partial charge on any atom is 0.272 e. The number of terminal acetylenes is 1. The number of hydrogen-bond acceptors (Lipinski definition) is 4. The van der Waals surface area contributed by atoms with Gasteiger partial charge in [-0.25, -0.2) is 0 Å². The zero-order chi connectivity index (χ0) is 18.5. The molecule has 0 aliphatic rings. The summed E-state index contributed by atoms with van der Waals surface area (Å²) in [6.45, 7) is 0.196. The fraction of sp³-hybridized carbons (Fsp3) is 0.105. The van der Waals surface area contributed by atoms with Crippen LogP contribution in [0.3, 0.4) is 0 Å². The number of amides is 2. The number of fused-ring (bicyclic) bond motifs is 1. The third-order valence-corrected chi connectivity index (χ3v) is 3.79. The van der Waals surface area contributed by atoms with Gasteiger partial charge in [-0.2, -0.15) is 5.10 Å². The molecule has 0 bridgehead atoms. The van der Waals surface area contributed by atoms with Crippen LogP contribution >= 0.6 is 0 Å². The first kappa shape index (κ1) is 17.0. The fourth-order valence-electron chi connectivity index (χ4n) is 2.49. The van der Waals surface area contributed by atoms with Gasteiger partial charge in [0.1, 0.15) is 0 Å². The molecule has 3 rings (SSSR count). The molecule has 7 nitrogen and oxygen atoms in total. The standard InChI is InChI=1S/C19H17N5O2/c1-3-10-21-18(25)12-4-6-13(7-5-12)22-14-8-9-15-16(11-14)23-24-17(15)19(26)20-2/h1,4-9,11,22H,10H2,2H3,(H,20,26)(H,21,25)(H,23,24). The quantitative estimate of drug-likeness (QED) is 0.531. The first-order chi connectivity index (χ1) is 12.6. The molecule has 2 amide bonds. The summed E-state index contributed by atoms with van der Waals surface area (Å²) in [5.74, 6) is 1.91. The number of rotatable bonds is 5. The van der Waals surface area contributed by atoms with E-state index in [4.69, 9.17) is 6.42 Å². The number of hydrogen-bond donors (Lipinski definition) is 4. The summed E-state index contributed by atoms with van der Waals surface area (Å²) < 4.78 is 0. The largest absolute Gasteiger partial charge is 0.355 e. The van der Waals surface area contributed by atoms with Crippen molar-refractivity contribution in [3.63, 3.8) is 0 Å². The third kappa shape index (κ3) is 3.49. The van der Waals surface area contributed by atoms with Gasteiger partial charge in [0.05, 0.1) is 12.1 Å². The SMILES string of the molecule is C#CCNC(=O)c1ccc(Nc2ccc3c(C(=O)NC)n[nH]c3c2)cc1. The van der Waals surface area contributed by atoms with Crippen LogP contribution < -0.4 is 16.0 Å². The van der Waals surface area contributed by atoms with Crippen LogP contribution in [0, 0.1) is 12.3 Å². The van der Waals surface area contributed by atoms with Gasteiger partial charge < -0.3 is 16.0 Å². The Morgan fingerprint density at radius 1 is 1.12 bits per heavy atom. The van der Waals surface area contributed by atoms with E-state index in [1.807, 2.05) is 18.2 Å². The molecular formula is C19H17N5O2. The number of aromatic amines is 1. The smallest absolute Gasteiger partial charge is 0.272 e. The molecule has 1 aromatic heterocycles. The highest BCUT2D eigenvalue weighted by Gasteiger charge is 2.12. The second kappa shape index (κ2) is 7.40. The number of H-pyrrole nitrogens is 1. The van der Waals surface area contributed by atoms with E-state index in [2.05, 4.69) is 32.1 Å². The van der Waals surface area contributed by atoms with Gasteiger partial charge in [-0.1, -0.05) is 5.92 Å². The highest BCUT2D eigenvalue weighted by molar-refractivity contribution is 6.05. The third-order valence-electron chi connectivity index (χ3n) is 3.79. The van der Waals surface area contributed by atoms with Gasteiger partial charge in [0.25, 0.3) is 11.8 Å². The van der Waals surface area contributed by atoms with Gasteiger partial charge in [0, 0.05) is 29.4 Å². The van der Waals surface area contributed by atoms with Crippen LogP contribution in [0.15, 0.2) is 42.5 Å². The highest BCUT2D eigenvalue weighted by Crippen LogP contribution is 2.23. The summed E-state index contributed by atoms with van der Waals surface area (Å²) >= 11 is 0. The first-order valence-electron chi connectivity index (χ1n) is 7.91. The summed E-state index contributed by atoms with van der Waals surface area (Å²) in [5, 5.41) is 16.1. The van der Waals surface area contributed by atoms with Crippen molar-refractivity contribution in [3.05, 3.63) is 53.7 Å². The second-order valence-corrected chi connectivity index (χ2v) is 5.50. The van der Waals surface area contributed by atoms with E-state index < -0.39 is 0 Å². The minimum Gasteiger partial charge on any atom is -0.355 e. The number of carbonyl (C=O) groups is 2. The van der Waals surface area contributed by atoms with Crippen molar-refractivity contribution in [2.75, 3.05) is 18.9 Å². The van der Waals surface area contributed by atoms with Crippen LogP contribution in [0.2, 0.25) is 0 Å². The van der Waals surface area contributed by atoms with Crippen LogP contribution in [0.1, 0.15) is 20.8 Å². The van der Waals surface area contributed by atoms with Crippen molar-refractivity contribution >= 4 is 34.1 Å². The van der Waals surface area contributed by atoms with E-state index in [1.165, 1.54) is 0 Å². The van der Waals surface area contributed by atoms with E-state index in [9.17, 15) is 9.59 Å². The minimum atomic E-state index is -0.240. The number of carbonyl (C=O) groups excluding carboxylic acids is 2. The topological polar surface area (TPSA) is 98.9 Å². The van der Waals surface area contributed by atoms with Crippen molar-refractivity contribution < 1.29 is 9.59 Å². The molecule has 130 valence electrons. The number of nitrogens with zero attached hydrogens (tertiary/aromatic N) is 1. The normalized spacial score (nSPS) is 10.2. The van der Waals surface area contributed by atoms with Gasteiger partial charge in [-0.3, -0.25) is 14.7 Å². The zero-order valence-corrected chi connectivity index (χ0v) is 14.1. The second-order valence-electron chi connectivity index (χ2n) is 5.50. The summed E-state index contributed by atoms with van der Waals surface area (Å²) in [4.78, 5) is 23.6. The molecule has 0 atom stereocenters. The predicted octanol–water partition coefficient (Wildman–Crippen LogP) is 2.03. The molecule has 4 N–H and O–H groups in total.